The summed E-state index contributed by atoms with van der Waals surface area (Å²) in [6.07, 6.45) is 6.35. The summed E-state index contributed by atoms with van der Waals surface area (Å²) >= 11 is 0. The minimum Gasteiger partial charge on any atom is -0.493 e. The molecule has 2 heterocycles. The van der Waals surface area contributed by atoms with Crippen LogP contribution in [0.3, 0.4) is 0 Å². The zero-order chi connectivity index (χ0) is 13.1. The van der Waals surface area contributed by atoms with Gasteiger partial charge in [-0.25, -0.2) is 0 Å². The van der Waals surface area contributed by atoms with Crippen molar-refractivity contribution in [3.8, 4) is 5.75 Å². The van der Waals surface area contributed by atoms with Gasteiger partial charge < -0.3 is 9.64 Å². The minimum absolute atomic E-state index is 0.278. The fraction of sp³-hybridized carbons (Fsp3) is 0.562. The maximum atomic E-state index is 12.3. The van der Waals surface area contributed by atoms with E-state index in [0.29, 0.717) is 6.42 Å². The molecule has 0 unspecified atom stereocenters. The first-order chi connectivity index (χ1) is 9.33. The van der Waals surface area contributed by atoms with Gasteiger partial charge in [-0.15, -0.1) is 0 Å². The van der Waals surface area contributed by atoms with Crippen molar-refractivity contribution < 1.29 is 9.53 Å². The molecule has 3 heteroatoms. The Morgan fingerprint density at radius 2 is 1.95 bits per heavy atom. The van der Waals surface area contributed by atoms with E-state index in [1.54, 1.807) is 0 Å². The summed E-state index contributed by atoms with van der Waals surface area (Å²) in [5, 5.41) is 0. The Morgan fingerprint density at radius 3 is 2.74 bits per heavy atom. The van der Waals surface area contributed by atoms with E-state index in [-0.39, 0.29) is 5.91 Å². The third-order valence-corrected chi connectivity index (χ3v) is 4.07. The van der Waals surface area contributed by atoms with E-state index >= 15 is 0 Å². The summed E-state index contributed by atoms with van der Waals surface area (Å²) in [5.74, 6) is 1.27. The first-order valence-corrected chi connectivity index (χ1v) is 7.35. The van der Waals surface area contributed by atoms with E-state index in [1.165, 1.54) is 18.4 Å². The normalized spacial score (nSPS) is 18.6. The molecule has 0 aromatic heterocycles. The second-order valence-electron chi connectivity index (χ2n) is 5.51. The van der Waals surface area contributed by atoms with Crippen molar-refractivity contribution in [2.45, 2.75) is 38.5 Å². The standard InChI is InChI=1S/C16H21NO2/c18-16(17-8-3-1-2-4-9-17)12-13-5-6-15-14(11-13)7-10-19-15/h5-6,11H,1-4,7-10,12H2. The van der Waals surface area contributed by atoms with Crippen molar-refractivity contribution in [3.05, 3.63) is 29.3 Å². The van der Waals surface area contributed by atoms with Gasteiger partial charge in [0.1, 0.15) is 5.75 Å². The first kappa shape index (κ1) is 12.5. The van der Waals surface area contributed by atoms with Crippen LogP contribution in [-0.4, -0.2) is 30.5 Å². The predicted octanol–water partition coefficient (Wildman–Crippen LogP) is 2.57. The number of hydrogen-bond donors (Lipinski definition) is 0. The Balaban J connectivity index is 1.65. The van der Waals surface area contributed by atoms with Gasteiger partial charge in [0.2, 0.25) is 5.91 Å². The summed E-state index contributed by atoms with van der Waals surface area (Å²) in [5.41, 5.74) is 2.37. The van der Waals surface area contributed by atoms with Crippen LogP contribution in [0.1, 0.15) is 36.8 Å². The zero-order valence-corrected chi connectivity index (χ0v) is 11.4. The molecule has 0 bridgehead atoms. The second kappa shape index (κ2) is 5.64. The molecule has 0 N–H and O–H groups in total. The van der Waals surface area contributed by atoms with Crippen LogP contribution >= 0.6 is 0 Å². The van der Waals surface area contributed by atoms with Crippen molar-refractivity contribution >= 4 is 5.91 Å². The molecule has 1 aromatic rings. The van der Waals surface area contributed by atoms with E-state index in [2.05, 4.69) is 6.07 Å². The van der Waals surface area contributed by atoms with Crippen molar-refractivity contribution in [1.82, 2.24) is 4.90 Å². The predicted molar refractivity (Wildman–Crippen MR) is 74.4 cm³/mol. The number of amides is 1. The second-order valence-corrected chi connectivity index (χ2v) is 5.51. The number of fused-ring (bicyclic) bond motifs is 1. The molecule has 0 atom stereocenters. The maximum absolute atomic E-state index is 12.3. The largest absolute Gasteiger partial charge is 0.493 e. The Hall–Kier alpha value is -1.51. The molecule has 1 aromatic carbocycles. The highest BCUT2D eigenvalue weighted by Crippen LogP contribution is 2.26. The van der Waals surface area contributed by atoms with Gasteiger partial charge >= 0.3 is 0 Å². The maximum Gasteiger partial charge on any atom is 0.226 e. The van der Waals surface area contributed by atoms with Gasteiger partial charge in [0.15, 0.2) is 0 Å². The van der Waals surface area contributed by atoms with Gasteiger partial charge in [-0.2, -0.15) is 0 Å². The summed E-state index contributed by atoms with van der Waals surface area (Å²) < 4.78 is 5.50. The van der Waals surface area contributed by atoms with Crippen molar-refractivity contribution in [2.24, 2.45) is 0 Å². The summed E-state index contributed by atoms with van der Waals surface area (Å²) in [6, 6.07) is 6.17. The van der Waals surface area contributed by atoms with E-state index in [1.807, 2.05) is 17.0 Å². The van der Waals surface area contributed by atoms with Crippen LogP contribution in [0, 0.1) is 0 Å². The number of rotatable bonds is 2. The average molecular weight is 259 g/mol. The third kappa shape index (κ3) is 2.91. The molecule has 1 saturated heterocycles. The average Bonchev–Trinajstić information content (AvgIpc) is 2.71. The lowest BCUT2D eigenvalue weighted by atomic mass is 10.1. The molecular weight excluding hydrogens is 238 g/mol. The monoisotopic (exact) mass is 259 g/mol. The van der Waals surface area contributed by atoms with Crippen molar-refractivity contribution in [2.75, 3.05) is 19.7 Å². The molecule has 3 rings (SSSR count). The molecule has 0 aliphatic carbocycles. The van der Waals surface area contributed by atoms with Crippen LogP contribution in [0.4, 0.5) is 0 Å². The molecule has 0 radical (unpaired) electrons. The van der Waals surface area contributed by atoms with E-state index in [4.69, 9.17) is 4.74 Å². The Bertz CT molecular complexity index is 462. The van der Waals surface area contributed by atoms with Crippen molar-refractivity contribution in [1.29, 1.82) is 0 Å². The van der Waals surface area contributed by atoms with Gasteiger partial charge in [0.05, 0.1) is 13.0 Å². The SMILES string of the molecule is O=C(Cc1ccc2c(c1)CCO2)N1CCCCCC1. The van der Waals surface area contributed by atoms with Crippen LogP contribution in [0.25, 0.3) is 0 Å². The van der Waals surface area contributed by atoms with Crippen LogP contribution in [0.5, 0.6) is 5.75 Å². The Kier molecular flexibility index (Phi) is 3.72. The highest BCUT2D eigenvalue weighted by atomic mass is 16.5. The number of hydrogen-bond acceptors (Lipinski definition) is 2. The number of carbonyl (C=O) groups excluding carboxylic acids is 1. The molecule has 2 aliphatic heterocycles. The molecular formula is C16H21NO2. The van der Waals surface area contributed by atoms with Gasteiger partial charge in [-0.1, -0.05) is 25.0 Å². The molecule has 19 heavy (non-hydrogen) atoms. The highest BCUT2D eigenvalue weighted by molar-refractivity contribution is 5.79. The highest BCUT2D eigenvalue weighted by Gasteiger charge is 2.17. The summed E-state index contributed by atoms with van der Waals surface area (Å²) in [4.78, 5) is 14.4. The number of benzene rings is 1. The van der Waals surface area contributed by atoms with Gasteiger partial charge in [0.25, 0.3) is 0 Å². The Morgan fingerprint density at radius 1 is 1.16 bits per heavy atom. The number of likely N-dealkylation sites (tertiary alicyclic amines) is 1. The van der Waals surface area contributed by atoms with Crippen LogP contribution in [0.15, 0.2) is 18.2 Å². The van der Waals surface area contributed by atoms with E-state index in [9.17, 15) is 4.79 Å². The fourth-order valence-electron chi connectivity index (χ4n) is 2.96. The van der Waals surface area contributed by atoms with Crippen LogP contribution in [0.2, 0.25) is 0 Å². The van der Waals surface area contributed by atoms with Crippen LogP contribution < -0.4 is 4.74 Å². The molecule has 1 amide bonds. The van der Waals surface area contributed by atoms with Crippen LogP contribution in [-0.2, 0) is 17.6 Å². The smallest absolute Gasteiger partial charge is 0.226 e. The summed E-state index contributed by atoms with van der Waals surface area (Å²) in [6.45, 7) is 2.65. The lowest BCUT2D eigenvalue weighted by Gasteiger charge is -2.20. The molecule has 0 spiro atoms. The van der Waals surface area contributed by atoms with E-state index in [0.717, 1.165) is 50.3 Å². The summed E-state index contributed by atoms with van der Waals surface area (Å²) in [7, 11) is 0. The molecule has 3 nitrogen and oxygen atoms in total. The zero-order valence-electron chi connectivity index (χ0n) is 11.4. The first-order valence-electron chi connectivity index (χ1n) is 7.35. The van der Waals surface area contributed by atoms with Crippen molar-refractivity contribution in [3.63, 3.8) is 0 Å². The minimum atomic E-state index is 0.278. The number of nitrogens with zero attached hydrogens (tertiary/aromatic N) is 1. The lowest BCUT2D eigenvalue weighted by molar-refractivity contribution is -0.130. The molecule has 0 saturated carbocycles. The number of ether oxygens (including phenoxy) is 1. The number of carbonyl (C=O) groups is 1. The molecule has 2 aliphatic rings. The molecule has 102 valence electrons. The quantitative estimate of drug-likeness (QED) is 0.817. The van der Waals surface area contributed by atoms with Gasteiger partial charge in [-0.05, 0) is 30.0 Å². The van der Waals surface area contributed by atoms with Gasteiger partial charge in [0, 0.05) is 19.5 Å². The molecule has 1 fully saturated rings. The topological polar surface area (TPSA) is 29.5 Å². The lowest BCUT2D eigenvalue weighted by Crippen LogP contribution is -2.33. The van der Waals surface area contributed by atoms with Gasteiger partial charge in [-0.3, -0.25) is 4.79 Å². The third-order valence-electron chi connectivity index (χ3n) is 4.07. The van der Waals surface area contributed by atoms with E-state index < -0.39 is 0 Å². The Labute approximate surface area is 114 Å². The fourth-order valence-corrected chi connectivity index (χ4v) is 2.96.